The van der Waals surface area contributed by atoms with E-state index in [0.29, 0.717) is 0 Å². The molecule has 0 fully saturated rings. The lowest BCUT2D eigenvalue weighted by Gasteiger charge is -2.10. The average molecular weight is 234 g/mol. The number of rotatable bonds is 2. The molecule has 0 atom stereocenters. The topological polar surface area (TPSA) is 17.8 Å². The Labute approximate surface area is 107 Å². The van der Waals surface area contributed by atoms with Crippen LogP contribution in [0.2, 0.25) is 0 Å². The molecule has 0 saturated carbocycles. The molecule has 0 aliphatic heterocycles. The number of hydrogen-bond donors (Lipinski definition) is 0. The maximum atomic E-state index is 4.29. The second-order valence-electron chi connectivity index (χ2n) is 4.31. The summed E-state index contributed by atoms with van der Waals surface area (Å²) < 4.78 is 2.07. The summed E-state index contributed by atoms with van der Waals surface area (Å²) >= 11 is 0. The molecule has 3 rings (SSSR count). The third-order valence-electron chi connectivity index (χ3n) is 2.98. The zero-order valence-corrected chi connectivity index (χ0v) is 10.2. The number of nitrogens with zero attached hydrogens (tertiary/aromatic N) is 2. The molecule has 88 valence electrons. The normalized spacial score (nSPS) is 10.5. The summed E-state index contributed by atoms with van der Waals surface area (Å²) in [6.07, 6.45) is 3.90. The smallest absolute Gasteiger partial charge is 0.0995 e. The standard InChI is InChI=1S/C16H14N2/c1-13-11-18(12-17-13)16-10-6-5-9-15(16)14-7-3-2-4-8-14/h2-12H,1H3. The summed E-state index contributed by atoms with van der Waals surface area (Å²) in [6, 6.07) is 18.8. The fraction of sp³-hybridized carbons (Fsp3) is 0.0625. The van der Waals surface area contributed by atoms with Crippen LogP contribution in [0.25, 0.3) is 16.8 Å². The number of para-hydroxylation sites is 1. The van der Waals surface area contributed by atoms with Gasteiger partial charge in [0.2, 0.25) is 0 Å². The minimum atomic E-state index is 1.03. The van der Waals surface area contributed by atoms with E-state index in [4.69, 9.17) is 0 Å². The van der Waals surface area contributed by atoms with E-state index in [1.807, 2.05) is 25.5 Å². The predicted octanol–water partition coefficient (Wildman–Crippen LogP) is 3.85. The highest BCUT2D eigenvalue weighted by Crippen LogP contribution is 2.26. The maximum Gasteiger partial charge on any atom is 0.0995 e. The Bertz CT molecular complexity index is 654. The van der Waals surface area contributed by atoms with Gasteiger partial charge in [-0.05, 0) is 18.6 Å². The number of benzene rings is 2. The van der Waals surface area contributed by atoms with E-state index in [9.17, 15) is 0 Å². The first-order valence-electron chi connectivity index (χ1n) is 6.00. The van der Waals surface area contributed by atoms with E-state index in [2.05, 4.69) is 58.1 Å². The Kier molecular flexibility index (Phi) is 2.69. The van der Waals surface area contributed by atoms with E-state index in [1.54, 1.807) is 0 Å². The first-order chi connectivity index (χ1) is 8.84. The van der Waals surface area contributed by atoms with Crippen LogP contribution in [-0.2, 0) is 0 Å². The second kappa shape index (κ2) is 4.49. The summed E-state index contributed by atoms with van der Waals surface area (Å²) in [4.78, 5) is 4.29. The fourth-order valence-corrected chi connectivity index (χ4v) is 2.11. The Balaban J connectivity index is 2.17. The van der Waals surface area contributed by atoms with Gasteiger partial charge in [-0.15, -0.1) is 0 Å². The van der Waals surface area contributed by atoms with E-state index in [-0.39, 0.29) is 0 Å². The zero-order chi connectivity index (χ0) is 12.4. The minimum Gasteiger partial charge on any atom is -0.305 e. The van der Waals surface area contributed by atoms with Crippen LogP contribution in [0.3, 0.4) is 0 Å². The van der Waals surface area contributed by atoms with Gasteiger partial charge in [0, 0.05) is 11.8 Å². The van der Waals surface area contributed by atoms with Gasteiger partial charge in [0.25, 0.3) is 0 Å². The summed E-state index contributed by atoms with van der Waals surface area (Å²) in [5, 5.41) is 0. The molecule has 0 amide bonds. The van der Waals surface area contributed by atoms with Crippen LogP contribution < -0.4 is 0 Å². The van der Waals surface area contributed by atoms with Crippen LogP contribution in [0.1, 0.15) is 5.69 Å². The Morgan fingerprint density at radius 1 is 0.889 bits per heavy atom. The molecule has 3 aromatic rings. The van der Waals surface area contributed by atoms with Crippen LogP contribution in [0.15, 0.2) is 67.1 Å². The van der Waals surface area contributed by atoms with Gasteiger partial charge in [-0.1, -0.05) is 48.5 Å². The quantitative estimate of drug-likeness (QED) is 0.658. The van der Waals surface area contributed by atoms with Crippen molar-refractivity contribution in [2.45, 2.75) is 6.92 Å². The molecule has 2 heteroatoms. The highest BCUT2D eigenvalue weighted by Gasteiger charge is 2.05. The van der Waals surface area contributed by atoms with E-state index in [1.165, 1.54) is 11.1 Å². The summed E-state index contributed by atoms with van der Waals surface area (Å²) in [7, 11) is 0. The van der Waals surface area contributed by atoms with Crippen LogP contribution in [-0.4, -0.2) is 9.55 Å². The van der Waals surface area contributed by atoms with Crippen LogP contribution in [0.5, 0.6) is 0 Å². The molecule has 0 N–H and O–H groups in total. The van der Waals surface area contributed by atoms with Gasteiger partial charge < -0.3 is 4.57 Å². The molecular weight excluding hydrogens is 220 g/mol. The minimum absolute atomic E-state index is 1.03. The molecule has 0 radical (unpaired) electrons. The number of hydrogen-bond acceptors (Lipinski definition) is 1. The lowest BCUT2D eigenvalue weighted by atomic mass is 10.0. The molecule has 0 spiro atoms. The fourth-order valence-electron chi connectivity index (χ4n) is 2.11. The average Bonchev–Trinajstić information content (AvgIpc) is 2.86. The molecule has 0 aliphatic rings. The van der Waals surface area contributed by atoms with Crippen LogP contribution >= 0.6 is 0 Å². The third kappa shape index (κ3) is 1.93. The molecule has 2 aromatic carbocycles. The van der Waals surface area contributed by atoms with E-state index in [0.717, 1.165) is 11.4 Å². The van der Waals surface area contributed by atoms with E-state index < -0.39 is 0 Å². The largest absolute Gasteiger partial charge is 0.305 e. The zero-order valence-electron chi connectivity index (χ0n) is 10.2. The molecule has 18 heavy (non-hydrogen) atoms. The van der Waals surface area contributed by atoms with Gasteiger partial charge in [-0.25, -0.2) is 4.98 Å². The van der Waals surface area contributed by atoms with Crippen molar-refractivity contribution in [3.63, 3.8) is 0 Å². The molecule has 0 aliphatic carbocycles. The predicted molar refractivity (Wildman–Crippen MR) is 73.7 cm³/mol. The molecular formula is C16H14N2. The van der Waals surface area contributed by atoms with Crippen LogP contribution in [0, 0.1) is 6.92 Å². The Morgan fingerprint density at radius 2 is 1.61 bits per heavy atom. The third-order valence-corrected chi connectivity index (χ3v) is 2.98. The SMILES string of the molecule is Cc1cn(-c2ccccc2-c2ccccc2)cn1. The lowest BCUT2D eigenvalue weighted by molar-refractivity contribution is 1.06. The second-order valence-corrected chi connectivity index (χ2v) is 4.31. The molecule has 1 heterocycles. The first kappa shape index (κ1) is 10.8. The van der Waals surface area contributed by atoms with Crippen molar-refractivity contribution < 1.29 is 0 Å². The van der Waals surface area contributed by atoms with Crippen molar-refractivity contribution in [2.75, 3.05) is 0 Å². The van der Waals surface area contributed by atoms with Gasteiger partial charge in [0.15, 0.2) is 0 Å². The first-order valence-corrected chi connectivity index (χ1v) is 6.00. The molecule has 0 unspecified atom stereocenters. The van der Waals surface area contributed by atoms with Gasteiger partial charge in [0.1, 0.15) is 0 Å². The summed E-state index contributed by atoms with van der Waals surface area (Å²) in [6.45, 7) is 2.00. The van der Waals surface area contributed by atoms with Crippen molar-refractivity contribution in [3.8, 4) is 16.8 Å². The van der Waals surface area contributed by atoms with Crippen molar-refractivity contribution in [3.05, 3.63) is 72.8 Å². The van der Waals surface area contributed by atoms with Gasteiger partial charge >= 0.3 is 0 Å². The van der Waals surface area contributed by atoms with E-state index >= 15 is 0 Å². The lowest BCUT2D eigenvalue weighted by Crippen LogP contribution is -1.93. The van der Waals surface area contributed by atoms with Crippen molar-refractivity contribution in [2.24, 2.45) is 0 Å². The number of aryl methyl sites for hydroxylation is 1. The molecule has 0 saturated heterocycles. The van der Waals surface area contributed by atoms with Crippen LogP contribution in [0.4, 0.5) is 0 Å². The molecule has 2 nitrogen and oxygen atoms in total. The molecule has 0 bridgehead atoms. The van der Waals surface area contributed by atoms with Crippen molar-refractivity contribution in [1.29, 1.82) is 0 Å². The number of imidazole rings is 1. The monoisotopic (exact) mass is 234 g/mol. The highest BCUT2D eigenvalue weighted by atomic mass is 15.0. The maximum absolute atomic E-state index is 4.29. The van der Waals surface area contributed by atoms with Crippen molar-refractivity contribution >= 4 is 0 Å². The van der Waals surface area contributed by atoms with Gasteiger partial charge in [-0.3, -0.25) is 0 Å². The molecule has 1 aromatic heterocycles. The summed E-state index contributed by atoms with van der Waals surface area (Å²) in [5.41, 5.74) is 4.62. The summed E-state index contributed by atoms with van der Waals surface area (Å²) in [5.74, 6) is 0. The van der Waals surface area contributed by atoms with Crippen molar-refractivity contribution in [1.82, 2.24) is 9.55 Å². The van der Waals surface area contributed by atoms with Gasteiger partial charge in [0.05, 0.1) is 17.7 Å². The Hall–Kier alpha value is -2.35. The number of aromatic nitrogens is 2. The highest BCUT2D eigenvalue weighted by molar-refractivity contribution is 5.72. The van der Waals surface area contributed by atoms with Gasteiger partial charge in [-0.2, -0.15) is 0 Å². The Morgan fingerprint density at radius 3 is 2.33 bits per heavy atom.